The van der Waals surface area contributed by atoms with Gasteiger partial charge in [0.1, 0.15) is 23.3 Å². The molecule has 2 aromatic rings. The molecule has 4 heteroatoms. The van der Waals surface area contributed by atoms with Gasteiger partial charge in [0.25, 0.3) is 0 Å². The van der Waals surface area contributed by atoms with Gasteiger partial charge in [-0.15, -0.1) is 0 Å². The highest BCUT2D eigenvalue weighted by molar-refractivity contribution is 5.61. The zero-order valence-electron chi connectivity index (χ0n) is 11.3. The van der Waals surface area contributed by atoms with E-state index in [4.69, 9.17) is 14.4 Å². The maximum atomic E-state index is 9.16. The van der Waals surface area contributed by atoms with Crippen molar-refractivity contribution in [1.29, 1.82) is 5.26 Å². The van der Waals surface area contributed by atoms with Gasteiger partial charge in [-0.1, -0.05) is 0 Å². The second kappa shape index (κ2) is 5.49. The molecule has 0 bridgehead atoms. The van der Waals surface area contributed by atoms with Crippen LogP contribution in [0.5, 0.6) is 5.75 Å². The molecule has 0 aliphatic heterocycles. The summed E-state index contributed by atoms with van der Waals surface area (Å²) in [4.78, 5) is 1.97. The minimum Gasteiger partial charge on any atom is -0.497 e. The third kappa shape index (κ3) is 2.89. The molecule has 0 spiro atoms. The Hall–Kier alpha value is -2.41. The van der Waals surface area contributed by atoms with Crippen LogP contribution in [0.15, 0.2) is 34.7 Å². The SMILES string of the molecule is COc1ccc(C#N)c(N(C)Cc2ccc(C)o2)c1. The summed E-state index contributed by atoms with van der Waals surface area (Å²) in [5.74, 6) is 2.48. The van der Waals surface area contributed by atoms with E-state index in [9.17, 15) is 0 Å². The third-order valence-corrected chi connectivity index (χ3v) is 2.93. The average molecular weight is 256 g/mol. The number of aryl methyl sites for hydroxylation is 1. The van der Waals surface area contributed by atoms with Gasteiger partial charge in [0, 0.05) is 13.1 Å². The topological polar surface area (TPSA) is 49.4 Å². The van der Waals surface area contributed by atoms with Crippen molar-refractivity contribution in [3.8, 4) is 11.8 Å². The molecular weight excluding hydrogens is 240 g/mol. The summed E-state index contributed by atoms with van der Waals surface area (Å²) in [6, 6.07) is 11.5. The Labute approximate surface area is 112 Å². The molecule has 0 atom stereocenters. The Bertz CT molecular complexity index is 611. The lowest BCUT2D eigenvalue weighted by Crippen LogP contribution is -2.17. The molecule has 0 saturated heterocycles. The summed E-state index contributed by atoms with van der Waals surface area (Å²) in [5.41, 5.74) is 1.45. The normalized spacial score (nSPS) is 10.0. The van der Waals surface area contributed by atoms with E-state index in [2.05, 4.69) is 6.07 Å². The fourth-order valence-corrected chi connectivity index (χ4v) is 1.94. The lowest BCUT2D eigenvalue weighted by molar-refractivity contribution is 0.414. The number of furan rings is 1. The van der Waals surface area contributed by atoms with Crippen molar-refractivity contribution >= 4 is 5.69 Å². The van der Waals surface area contributed by atoms with E-state index in [0.29, 0.717) is 12.1 Å². The second-order valence-electron chi connectivity index (χ2n) is 4.36. The maximum Gasteiger partial charge on any atom is 0.123 e. The molecule has 0 aliphatic carbocycles. The quantitative estimate of drug-likeness (QED) is 0.843. The van der Waals surface area contributed by atoms with Gasteiger partial charge in [-0.25, -0.2) is 0 Å². The highest BCUT2D eigenvalue weighted by Crippen LogP contribution is 2.26. The third-order valence-electron chi connectivity index (χ3n) is 2.93. The smallest absolute Gasteiger partial charge is 0.123 e. The van der Waals surface area contributed by atoms with Crippen LogP contribution in [0.4, 0.5) is 5.69 Å². The summed E-state index contributed by atoms with van der Waals surface area (Å²) < 4.78 is 10.7. The van der Waals surface area contributed by atoms with Crippen LogP contribution in [0.2, 0.25) is 0 Å². The van der Waals surface area contributed by atoms with E-state index < -0.39 is 0 Å². The molecule has 0 saturated carbocycles. The maximum absolute atomic E-state index is 9.16. The highest BCUT2D eigenvalue weighted by Gasteiger charge is 2.11. The van der Waals surface area contributed by atoms with Crippen LogP contribution >= 0.6 is 0 Å². The average Bonchev–Trinajstić information content (AvgIpc) is 2.83. The summed E-state index contributed by atoms with van der Waals surface area (Å²) in [6.07, 6.45) is 0. The Morgan fingerprint density at radius 3 is 2.68 bits per heavy atom. The molecule has 1 aromatic carbocycles. The van der Waals surface area contributed by atoms with Gasteiger partial charge in [0.15, 0.2) is 0 Å². The van der Waals surface area contributed by atoms with E-state index in [1.165, 1.54) is 0 Å². The number of nitriles is 1. The first kappa shape index (κ1) is 13.0. The predicted octanol–water partition coefficient (Wildman–Crippen LogP) is 3.10. The van der Waals surface area contributed by atoms with Crippen LogP contribution < -0.4 is 9.64 Å². The number of nitrogens with zero attached hydrogens (tertiary/aromatic N) is 2. The molecule has 0 unspecified atom stereocenters. The molecular formula is C15H16N2O2. The largest absolute Gasteiger partial charge is 0.497 e. The zero-order valence-corrected chi connectivity index (χ0v) is 11.3. The molecule has 19 heavy (non-hydrogen) atoms. The van der Waals surface area contributed by atoms with Crippen molar-refractivity contribution in [2.75, 3.05) is 19.1 Å². The number of hydrogen-bond acceptors (Lipinski definition) is 4. The van der Waals surface area contributed by atoms with Crippen LogP contribution in [0.1, 0.15) is 17.1 Å². The minimum atomic E-state index is 0.607. The van der Waals surface area contributed by atoms with Crippen LogP contribution in [0.25, 0.3) is 0 Å². The molecule has 0 radical (unpaired) electrons. The predicted molar refractivity (Wildman–Crippen MR) is 73.3 cm³/mol. The number of benzene rings is 1. The van der Waals surface area contributed by atoms with Crippen LogP contribution in [-0.2, 0) is 6.54 Å². The van der Waals surface area contributed by atoms with Crippen LogP contribution in [0.3, 0.4) is 0 Å². The summed E-state index contributed by atoms with van der Waals surface area (Å²) >= 11 is 0. The van der Waals surface area contributed by atoms with E-state index in [1.54, 1.807) is 19.2 Å². The van der Waals surface area contributed by atoms with Crippen molar-refractivity contribution < 1.29 is 9.15 Å². The van der Waals surface area contributed by atoms with E-state index >= 15 is 0 Å². The van der Waals surface area contributed by atoms with Gasteiger partial charge in [-0.2, -0.15) is 5.26 Å². The fraction of sp³-hybridized carbons (Fsp3) is 0.267. The Morgan fingerprint density at radius 1 is 1.32 bits per heavy atom. The molecule has 2 rings (SSSR count). The van der Waals surface area contributed by atoms with Gasteiger partial charge in [0.2, 0.25) is 0 Å². The molecule has 0 aliphatic rings. The molecule has 0 N–H and O–H groups in total. The molecule has 98 valence electrons. The van der Waals surface area contributed by atoms with E-state index in [1.807, 2.05) is 37.1 Å². The van der Waals surface area contributed by atoms with E-state index in [0.717, 1.165) is 23.0 Å². The summed E-state index contributed by atoms with van der Waals surface area (Å²) in [7, 11) is 3.54. The van der Waals surface area contributed by atoms with Gasteiger partial charge in [-0.05, 0) is 31.2 Å². The van der Waals surface area contributed by atoms with Gasteiger partial charge < -0.3 is 14.1 Å². The van der Waals surface area contributed by atoms with Gasteiger partial charge in [0.05, 0.1) is 24.9 Å². The number of anilines is 1. The van der Waals surface area contributed by atoms with E-state index in [-0.39, 0.29) is 0 Å². The molecule has 4 nitrogen and oxygen atoms in total. The zero-order chi connectivity index (χ0) is 13.8. The standard InChI is InChI=1S/C15H16N2O2/c1-11-4-6-14(19-11)10-17(2)15-8-13(18-3)7-5-12(15)9-16/h4-8H,10H2,1-3H3. The first-order chi connectivity index (χ1) is 9.13. The number of hydrogen-bond donors (Lipinski definition) is 0. The molecule has 1 aromatic heterocycles. The van der Waals surface area contributed by atoms with Crippen molar-refractivity contribution in [3.05, 3.63) is 47.4 Å². The highest BCUT2D eigenvalue weighted by atomic mass is 16.5. The number of methoxy groups -OCH3 is 1. The Morgan fingerprint density at radius 2 is 2.11 bits per heavy atom. The van der Waals surface area contributed by atoms with Crippen molar-refractivity contribution in [3.63, 3.8) is 0 Å². The lowest BCUT2D eigenvalue weighted by atomic mass is 10.1. The molecule has 0 amide bonds. The number of ether oxygens (including phenoxy) is 1. The Balaban J connectivity index is 2.27. The van der Waals surface area contributed by atoms with Crippen molar-refractivity contribution in [2.24, 2.45) is 0 Å². The molecule has 1 heterocycles. The van der Waals surface area contributed by atoms with Crippen LogP contribution in [-0.4, -0.2) is 14.2 Å². The summed E-state index contributed by atoms with van der Waals surface area (Å²) in [6.45, 7) is 2.52. The first-order valence-corrected chi connectivity index (χ1v) is 5.98. The minimum absolute atomic E-state index is 0.607. The van der Waals surface area contributed by atoms with Gasteiger partial charge in [-0.3, -0.25) is 0 Å². The van der Waals surface area contributed by atoms with Gasteiger partial charge >= 0.3 is 0 Å². The van der Waals surface area contributed by atoms with Crippen molar-refractivity contribution in [2.45, 2.75) is 13.5 Å². The number of rotatable bonds is 4. The first-order valence-electron chi connectivity index (χ1n) is 5.98. The van der Waals surface area contributed by atoms with Crippen molar-refractivity contribution in [1.82, 2.24) is 0 Å². The molecule has 0 fully saturated rings. The monoisotopic (exact) mass is 256 g/mol. The Kier molecular flexibility index (Phi) is 3.76. The summed E-state index contributed by atoms with van der Waals surface area (Å²) in [5, 5.41) is 9.16. The fourth-order valence-electron chi connectivity index (χ4n) is 1.94. The van der Waals surface area contributed by atoms with Crippen LogP contribution in [0, 0.1) is 18.3 Å². The second-order valence-corrected chi connectivity index (χ2v) is 4.36. The lowest BCUT2D eigenvalue weighted by Gasteiger charge is -2.20.